The fourth-order valence-corrected chi connectivity index (χ4v) is 5.03. The number of aromatic nitrogens is 4. The van der Waals surface area contributed by atoms with Crippen molar-refractivity contribution in [2.75, 3.05) is 17.2 Å². The summed E-state index contributed by atoms with van der Waals surface area (Å²) in [6, 6.07) is 12.0. The van der Waals surface area contributed by atoms with Crippen molar-refractivity contribution in [1.82, 2.24) is 19.9 Å². The molecule has 4 aromatic rings. The van der Waals surface area contributed by atoms with Crippen molar-refractivity contribution in [3.05, 3.63) is 71.8 Å². The van der Waals surface area contributed by atoms with Gasteiger partial charge in [-0.25, -0.2) is 29.3 Å². The number of imidazole rings is 1. The van der Waals surface area contributed by atoms with Crippen LogP contribution in [0.2, 0.25) is 0 Å². The minimum Gasteiger partial charge on any atom is -0.490 e. The molecular weight excluding hydrogens is 564 g/mol. The van der Waals surface area contributed by atoms with Crippen molar-refractivity contribution < 1.29 is 43.5 Å². The number of carbonyl (C=O) groups is 3. The van der Waals surface area contributed by atoms with Crippen molar-refractivity contribution in [2.24, 2.45) is 0 Å². The molecule has 2 amide bonds. The van der Waals surface area contributed by atoms with Crippen LogP contribution in [0.5, 0.6) is 5.75 Å². The van der Waals surface area contributed by atoms with E-state index in [9.17, 15) is 24.6 Å². The molecule has 4 unspecified atom stereocenters. The number of benzene rings is 2. The first-order chi connectivity index (χ1) is 20.6. The third-order valence-corrected chi connectivity index (χ3v) is 6.85. The third kappa shape index (κ3) is 5.68. The summed E-state index contributed by atoms with van der Waals surface area (Å²) in [5, 5.41) is 24.2. The second-order valence-electron chi connectivity index (χ2n) is 10.3. The molecule has 5 N–H and O–H groups in total. The molecule has 0 aliphatic carbocycles. The number of para-hydroxylation sites is 1. The van der Waals surface area contributed by atoms with Crippen LogP contribution in [-0.2, 0) is 14.2 Å². The molecule has 0 bridgehead atoms. The highest BCUT2D eigenvalue weighted by molar-refractivity contribution is 6.03. The van der Waals surface area contributed by atoms with Crippen LogP contribution in [0.4, 0.5) is 16.3 Å². The van der Waals surface area contributed by atoms with Gasteiger partial charge in [-0.05, 0) is 44.2 Å². The molecule has 2 saturated heterocycles. The van der Waals surface area contributed by atoms with Crippen LogP contribution in [0.3, 0.4) is 0 Å². The number of carbonyl (C=O) groups excluding carboxylic acids is 1. The maximum atomic E-state index is 12.6. The number of anilines is 2. The first kappa shape index (κ1) is 28.0. The predicted octanol–water partition coefficient (Wildman–Crippen LogP) is 3.43. The van der Waals surface area contributed by atoms with E-state index in [4.69, 9.17) is 18.9 Å². The van der Waals surface area contributed by atoms with Gasteiger partial charge in [0.15, 0.2) is 17.3 Å². The van der Waals surface area contributed by atoms with Crippen molar-refractivity contribution in [3.63, 3.8) is 0 Å². The average molecular weight is 591 g/mol. The van der Waals surface area contributed by atoms with Gasteiger partial charge in [0.2, 0.25) is 0 Å². The van der Waals surface area contributed by atoms with Crippen molar-refractivity contribution in [3.8, 4) is 5.75 Å². The van der Waals surface area contributed by atoms with Gasteiger partial charge in [0.05, 0.1) is 5.56 Å². The van der Waals surface area contributed by atoms with E-state index in [1.54, 1.807) is 38.1 Å². The van der Waals surface area contributed by atoms with Crippen LogP contribution in [0, 0.1) is 0 Å². The highest BCUT2D eigenvalue weighted by Gasteiger charge is 2.56. The quantitative estimate of drug-likeness (QED) is 0.200. The van der Waals surface area contributed by atoms with E-state index < -0.39 is 48.2 Å². The summed E-state index contributed by atoms with van der Waals surface area (Å²) in [5.74, 6) is -3.04. The van der Waals surface area contributed by atoms with Crippen molar-refractivity contribution in [2.45, 2.75) is 44.1 Å². The number of hydrogen-bond donors (Lipinski definition) is 5. The summed E-state index contributed by atoms with van der Waals surface area (Å²) < 4.78 is 24.3. The molecule has 0 saturated carbocycles. The molecule has 6 rings (SSSR count). The summed E-state index contributed by atoms with van der Waals surface area (Å²) >= 11 is 0. The second kappa shape index (κ2) is 10.9. The summed E-state index contributed by atoms with van der Waals surface area (Å²) in [7, 11) is 0. The van der Waals surface area contributed by atoms with Gasteiger partial charge in [-0.15, -0.1) is 0 Å². The monoisotopic (exact) mass is 590 g/mol. The fourth-order valence-electron chi connectivity index (χ4n) is 5.03. The lowest BCUT2D eigenvalue weighted by Gasteiger charge is -2.23. The van der Waals surface area contributed by atoms with Crippen LogP contribution in [0.1, 0.15) is 46.5 Å². The van der Waals surface area contributed by atoms with Gasteiger partial charge in [-0.2, -0.15) is 0 Å². The zero-order valence-corrected chi connectivity index (χ0v) is 22.8. The highest BCUT2D eigenvalue weighted by Crippen LogP contribution is 2.45. The summed E-state index contributed by atoms with van der Waals surface area (Å²) in [6.07, 6.45) is -1.45. The number of H-pyrrole nitrogens is 1. The van der Waals surface area contributed by atoms with Crippen molar-refractivity contribution in [1.29, 1.82) is 0 Å². The Hall–Kier alpha value is -5.12. The van der Waals surface area contributed by atoms with Crippen molar-refractivity contribution >= 4 is 40.6 Å². The maximum Gasteiger partial charge on any atom is 0.339 e. The average Bonchev–Trinajstić information content (AvgIpc) is 3.63. The molecule has 222 valence electrons. The molecule has 15 nitrogen and oxygen atoms in total. The SMILES string of the molecule is CC1(C)OC2C(COc3ccc(C(=O)O)cc3C(=O)O)OC(c3nc4ncnc(NC(=O)Nc5ccccc5)c4[nH]3)C2O1. The van der Waals surface area contributed by atoms with Gasteiger partial charge in [0.25, 0.3) is 0 Å². The van der Waals surface area contributed by atoms with E-state index in [1.807, 2.05) is 6.07 Å². The molecular formula is C28H26N6O9. The first-order valence-corrected chi connectivity index (χ1v) is 13.2. The van der Waals surface area contributed by atoms with Crippen LogP contribution in [0.25, 0.3) is 11.2 Å². The van der Waals surface area contributed by atoms with Crippen LogP contribution in [0.15, 0.2) is 54.9 Å². The number of aromatic amines is 1. The van der Waals surface area contributed by atoms with E-state index in [2.05, 4.69) is 30.6 Å². The molecule has 4 heterocycles. The molecule has 2 aliphatic rings. The Kier molecular flexibility index (Phi) is 7.13. The van der Waals surface area contributed by atoms with Gasteiger partial charge in [0.1, 0.15) is 60.0 Å². The smallest absolute Gasteiger partial charge is 0.339 e. The summed E-state index contributed by atoms with van der Waals surface area (Å²) in [5.41, 5.74) is 0.757. The molecule has 2 aromatic carbocycles. The standard InChI is InChI=1S/C28H26N6O9/c1-28(2)42-19-17(11-40-16-9-8-13(25(35)36)10-15(16)26(37)38)41-21(20(19)43-28)24-32-18-22(33-24)29-12-30-23(18)34-27(39)31-14-6-4-3-5-7-14/h3-10,12,17,19-21H,11H2,1-2H3,(H,35,36)(H,37,38)(H3,29,30,31,32,33,34,39). The molecule has 43 heavy (non-hydrogen) atoms. The molecule has 15 heteroatoms. The number of hydrogen-bond acceptors (Lipinski definition) is 10. The van der Waals surface area contributed by atoms with E-state index in [0.29, 0.717) is 17.0 Å². The maximum absolute atomic E-state index is 12.6. The number of fused-ring (bicyclic) bond motifs is 2. The van der Waals surface area contributed by atoms with Gasteiger partial charge < -0.3 is 39.5 Å². The Balaban J connectivity index is 1.23. The second-order valence-corrected chi connectivity index (χ2v) is 10.3. The Morgan fingerprint density at radius 2 is 1.77 bits per heavy atom. The topological polar surface area (TPSA) is 207 Å². The first-order valence-electron chi connectivity index (χ1n) is 13.2. The number of carboxylic acids is 2. The number of ether oxygens (including phenoxy) is 4. The number of amides is 2. The van der Waals surface area contributed by atoms with Crippen LogP contribution in [-0.4, -0.2) is 78.8 Å². The summed E-state index contributed by atoms with van der Waals surface area (Å²) in [4.78, 5) is 51.7. The number of nitrogens with zero attached hydrogens (tertiary/aromatic N) is 3. The van der Waals surface area contributed by atoms with Gasteiger partial charge >= 0.3 is 18.0 Å². The highest BCUT2D eigenvalue weighted by atomic mass is 16.8. The number of nitrogens with one attached hydrogen (secondary N) is 3. The van der Waals surface area contributed by atoms with Gasteiger partial charge in [-0.3, -0.25) is 5.32 Å². The zero-order valence-electron chi connectivity index (χ0n) is 22.8. The largest absolute Gasteiger partial charge is 0.490 e. The van der Waals surface area contributed by atoms with Crippen LogP contribution >= 0.6 is 0 Å². The normalized spacial score (nSPS) is 22.2. The van der Waals surface area contributed by atoms with E-state index in [0.717, 1.165) is 6.07 Å². The minimum absolute atomic E-state index is 0.0252. The molecule has 4 atom stereocenters. The molecule has 2 aliphatic heterocycles. The van der Waals surface area contributed by atoms with Gasteiger partial charge in [0, 0.05) is 5.69 Å². The number of rotatable bonds is 8. The van der Waals surface area contributed by atoms with E-state index in [1.165, 1.54) is 18.5 Å². The number of urea groups is 1. The molecule has 0 radical (unpaired) electrons. The predicted molar refractivity (Wildman–Crippen MR) is 148 cm³/mol. The number of carboxylic acid groups (broad SMARTS) is 2. The Labute approximate surface area is 243 Å². The van der Waals surface area contributed by atoms with Crippen LogP contribution < -0.4 is 15.4 Å². The lowest BCUT2D eigenvalue weighted by molar-refractivity contribution is -0.191. The Bertz CT molecular complexity index is 1710. The molecule has 2 aromatic heterocycles. The fraction of sp³-hybridized carbons (Fsp3) is 0.286. The zero-order chi connectivity index (χ0) is 30.3. The lowest BCUT2D eigenvalue weighted by atomic mass is 10.1. The van der Waals surface area contributed by atoms with E-state index >= 15 is 0 Å². The van der Waals surface area contributed by atoms with Gasteiger partial charge in [-0.1, -0.05) is 18.2 Å². The minimum atomic E-state index is -1.34. The third-order valence-electron chi connectivity index (χ3n) is 6.85. The number of aromatic carboxylic acids is 2. The van der Waals surface area contributed by atoms with E-state index in [-0.39, 0.29) is 34.9 Å². The molecule has 0 spiro atoms. The lowest BCUT2D eigenvalue weighted by Crippen LogP contribution is -2.34. The Morgan fingerprint density at radius 3 is 2.51 bits per heavy atom. The summed E-state index contributed by atoms with van der Waals surface area (Å²) in [6.45, 7) is 3.38. The molecule has 2 fully saturated rings. The Morgan fingerprint density at radius 1 is 1.00 bits per heavy atom.